The van der Waals surface area contributed by atoms with Crippen molar-refractivity contribution in [2.24, 2.45) is 0 Å². The molecular formula is C5H7NO3. The zero-order valence-electron chi connectivity index (χ0n) is 4.76. The molecule has 0 bridgehead atoms. The number of carboxylic acids is 1. The van der Waals surface area contributed by atoms with Crippen LogP contribution in [0.15, 0.2) is 0 Å². The van der Waals surface area contributed by atoms with Crippen LogP contribution >= 0.6 is 0 Å². The third-order valence-corrected chi connectivity index (χ3v) is 1.28. The van der Waals surface area contributed by atoms with E-state index in [1.54, 1.807) is 0 Å². The quantitative estimate of drug-likeness (QED) is 0.476. The van der Waals surface area contributed by atoms with Gasteiger partial charge in [0, 0.05) is 6.42 Å². The molecule has 1 fully saturated rings. The molecule has 4 nitrogen and oxygen atoms in total. The van der Waals surface area contributed by atoms with Crippen molar-refractivity contribution in [3.05, 3.63) is 0 Å². The summed E-state index contributed by atoms with van der Waals surface area (Å²) in [5, 5.41) is 10.9. The zero-order valence-corrected chi connectivity index (χ0v) is 4.76. The molecule has 0 aromatic heterocycles. The number of rotatable bonds is 1. The van der Waals surface area contributed by atoms with Crippen LogP contribution in [-0.2, 0) is 9.59 Å². The van der Waals surface area contributed by atoms with Gasteiger partial charge in [0.1, 0.15) is 11.8 Å². The van der Waals surface area contributed by atoms with Crippen LogP contribution in [0.4, 0.5) is 0 Å². The van der Waals surface area contributed by atoms with E-state index >= 15 is 0 Å². The molecule has 50 valence electrons. The fourth-order valence-corrected chi connectivity index (χ4v) is 0.784. The van der Waals surface area contributed by atoms with Gasteiger partial charge in [-0.05, 0) is 0 Å². The Hall–Kier alpha value is -0.900. The van der Waals surface area contributed by atoms with Gasteiger partial charge in [-0.1, -0.05) is 0 Å². The zero-order chi connectivity index (χ0) is 6.85. The SMILES string of the molecule is O=C1CN[C@H](C(=O)O)C1. The number of hydrogen-bond donors (Lipinski definition) is 2. The molecule has 0 radical (unpaired) electrons. The largest absolute Gasteiger partial charge is 0.480 e. The van der Waals surface area contributed by atoms with E-state index in [-0.39, 0.29) is 18.7 Å². The summed E-state index contributed by atoms with van der Waals surface area (Å²) in [5.41, 5.74) is 0. The maximum atomic E-state index is 10.4. The average Bonchev–Trinajstić information content (AvgIpc) is 2.14. The number of Topliss-reactive ketones (excluding diaryl/α,β-unsaturated/α-hetero) is 1. The smallest absolute Gasteiger partial charge is 0.321 e. The third kappa shape index (κ3) is 1.26. The van der Waals surface area contributed by atoms with E-state index in [0.717, 1.165) is 0 Å². The first-order valence-corrected chi connectivity index (χ1v) is 2.68. The predicted molar refractivity (Wildman–Crippen MR) is 29.1 cm³/mol. The predicted octanol–water partition coefficient (Wildman–Crippen LogP) is -0.998. The normalized spacial score (nSPS) is 26.7. The third-order valence-electron chi connectivity index (χ3n) is 1.28. The minimum atomic E-state index is -0.944. The van der Waals surface area contributed by atoms with Crippen molar-refractivity contribution >= 4 is 11.8 Å². The van der Waals surface area contributed by atoms with E-state index in [0.29, 0.717) is 0 Å². The average molecular weight is 129 g/mol. The second-order valence-electron chi connectivity index (χ2n) is 2.01. The maximum Gasteiger partial charge on any atom is 0.321 e. The molecule has 0 amide bonds. The monoisotopic (exact) mass is 129 g/mol. The summed E-state index contributed by atoms with van der Waals surface area (Å²) < 4.78 is 0. The number of carbonyl (C=O) groups is 2. The number of ketones is 1. The fraction of sp³-hybridized carbons (Fsp3) is 0.600. The Bertz CT molecular complexity index is 154. The van der Waals surface area contributed by atoms with Gasteiger partial charge in [-0.15, -0.1) is 0 Å². The first-order chi connectivity index (χ1) is 4.20. The Morgan fingerprint density at radius 3 is 2.67 bits per heavy atom. The summed E-state index contributed by atoms with van der Waals surface area (Å²) in [6.45, 7) is 0.205. The van der Waals surface area contributed by atoms with Crippen molar-refractivity contribution in [3.63, 3.8) is 0 Å². The summed E-state index contributed by atoms with van der Waals surface area (Å²) in [6.07, 6.45) is 0.134. The molecule has 0 saturated carbocycles. The van der Waals surface area contributed by atoms with Crippen LogP contribution < -0.4 is 5.32 Å². The highest BCUT2D eigenvalue weighted by atomic mass is 16.4. The maximum absolute atomic E-state index is 10.4. The molecule has 0 aromatic rings. The topological polar surface area (TPSA) is 66.4 Å². The summed E-state index contributed by atoms with van der Waals surface area (Å²) in [5.74, 6) is -0.969. The van der Waals surface area contributed by atoms with E-state index in [4.69, 9.17) is 5.11 Å². The summed E-state index contributed by atoms with van der Waals surface area (Å²) in [7, 11) is 0. The molecule has 0 spiro atoms. The Balaban J connectivity index is 2.48. The van der Waals surface area contributed by atoms with Crippen molar-refractivity contribution in [1.82, 2.24) is 5.32 Å². The van der Waals surface area contributed by atoms with Gasteiger partial charge < -0.3 is 5.11 Å². The van der Waals surface area contributed by atoms with E-state index < -0.39 is 12.0 Å². The molecule has 9 heavy (non-hydrogen) atoms. The van der Waals surface area contributed by atoms with Crippen LogP contribution in [0.25, 0.3) is 0 Å². The van der Waals surface area contributed by atoms with Gasteiger partial charge in [0.15, 0.2) is 0 Å². The second kappa shape index (κ2) is 2.14. The number of carboxylic acid groups (broad SMARTS) is 1. The summed E-state index contributed by atoms with van der Waals surface area (Å²) >= 11 is 0. The molecular weight excluding hydrogens is 122 g/mol. The molecule has 0 aromatic carbocycles. The Labute approximate surface area is 51.9 Å². The first-order valence-electron chi connectivity index (χ1n) is 2.68. The van der Waals surface area contributed by atoms with Gasteiger partial charge in [-0.25, -0.2) is 0 Å². The van der Waals surface area contributed by atoms with Crippen molar-refractivity contribution in [2.75, 3.05) is 6.54 Å². The molecule has 1 atom stereocenters. The van der Waals surface area contributed by atoms with Gasteiger partial charge in [0.05, 0.1) is 6.54 Å². The van der Waals surface area contributed by atoms with E-state index in [9.17, 15) is 9.59 Å². The van der Waals surface area contributed by atoms with E-state index in [1.807, 2.05) is 0 Å². The molecule has 1 aliphatic heterocycles. The molecule has 0 unspecified atom stereocenters. The van der Waals surface area contributed by atoms with Crippen LogP contribution in [0.3, 0.4) is 0 Å². The second-order valence-corrected chi connectivity index (χ2v) is 2.01. The molecule has 1 rings (SSSR count). The summed E-state index contributed by atoms with van der Waals surface area (Å²) in [4.78, 5) is 20.6. The van der Waals surface area contributed by atoms with Crippen LogP contribution in [-0.4, -0.2) is 29.4 Å². The number of carbonyl (C=O) groups excluding carboxylic acids is 1. The highest BCUT2D eigenvalue weighted by molar-refractivity contribution is 5.90. The standard InChI is InChI=1S/C5H7NO3/c7-3-1-4(5(8)9)6-2-3/h4,6H,1-2H2,(H,8,9)/t4-/m0/s1. The lowest BCUT2D eigenvalue weighted by Crippen LogP contribution is -2.29. The lowest BCUT2D eigenvalue weighted by molar-refractivity contribution is -0.139. The van der Waals surface area contributed by atoms with Crippen LogP contribution in [0.5, 0.6) is 0 Å². The van der Waals surface area contributed by atoms with E-state index in [1.165, 1.54) is 0 Å². The molecule has 1 aliphatic rings. The molecule has 1 heterocycles. The molecule has 0 aliphatic carbocycles. The Morgan fingerprint density at radius 1 is 1.78 bits per heavy atom. The molecule has 4 heteroatoms. The number of aliphatic carboxylic acids is 1. The Kier molecular flexibility index (Phi) is 1.48. The molecule has 2 N–H and O–H groups in total. The van der Waals surface area contributed by atoms with Crippen LogP contribution in [0.2, 0.25) is 0 Å². The van der Waals surface area contributed by atoms with Gasteiger partial charge in [-0.2, -0.15) is 0 Å². The van der Waals surface area contributed by atoms with Crippen molar-refractivity contribution in [1.29, 1.82) is 0 Å². The van der Waals surface area contributed by atoms with Gasteiger partial charge in [-0.3, -0.25) is 14.9 Å². The van der Waals surface area contributed by atoms with Crippen LogP contribution in [0, 0.1) is 0 Å². The van der Waals surface area contributed by atoms with Crippen molar-refractivity contribution in [2.45, 2.75) is 12.5 Å². The van der Waals surface area contributed by atoms with Gasteiger partial charge >= 0.3 is 5.97 Å². The highest BCUT2D eigenvalue weighted by Crippen LogP contribution is 2.00. The summed E-state index contributed by atoms with van der Waals surface area (Å²) in [6, 6.07) is -0.641. The number of nitrogens with one attached hydrogen (secondary N) is 1. The fourth-order valence-electron chi connectivity index (χ4n) is 0.784. The molecule has 1 saturated heterocycles. The lowest BCUT2D eigenvalue weighted by atomic mass is 10.2. The van der Waals surface area contributed by atoms with Gasteiger partial charge in [0.2, 0.25) is 0 Å². The first kappa shape index (κ1) is 6.22. The Morgan fingerprint density at radius 2 is 2.44 bits per heavy atom. The van der Waals surface area contributed by atoms with Gasteiger partial charge in [0.25, 0.3) is 0 Å². The van der Waals surface area contributed by atoms with E-state index in [2.05, 4.69) is 5.32 Å². The number of hydrogen-bond acceptors (Lipinski definition) is 3. The highest BCUT2D eigenvalue weighted by Gasteiger charge is 2.26. The minimum absolute atomic E-state index is 0.0256. The van der Waals surface area contributed by atoms with Crippen molar-refractivity contribution < 1.29 is 14.7 Å². The minimum Gasteiger partial charge on any atom is -0.480 e. The van der Waals surface area contributed by atoms with Crippen LogP contribution in [0.1, 0.15) is 6.42 Å². The van der Waals surface area contributed by atoms with Crippen molar-refractivity contribution in [3.8, 4) is 0 Å². The lowest BCUT2D eigenvalue weighted by Gasteiger charge is -1.98.